The molecule has 0 aromatic heterocycles. The maximum Gasteiger partial charge on any atom is 0.0921 e. The van der Waals surface area contributed by atoms with E-state index in [1.54, 1.807) is 12.2 Å². The van der Waals surface area contributed by atoms with Crippen molar-refractivity contribution in [2.24, 2.45) is 4.99 Å². The molecule has 2 heteroatoms. The molecule has 0 spiro atoms. The van der Waals surface area contributed by atoms with Crippen molar-refractivity contribution in [3.63, 3.8) is 0 Å². The lowest BCUT2D eigenvalue weighted by Crippen LogP contribution is -1.55. The highest BCUT2D eigenvalue weighted by molar-refractivity contribution is 7.84. The van der Waals surface area contributed by atoms with Gasteiger partial charge in [0, 0.05) is 0 Å². The Morgan fingerprint density at radius 1 is 1.71 bits per heavy atom. The minimum Gasteiger partial charge on any atom is -0.258 e. The van der Waals surface area contributed by atoms with Gasteiger partial charge < -0.3 is 0 Å². The van der Waals surface area contributed by atoms with Crippen molar-refractivity contribution < 1.29 is 0 Å². The first-order valence-corrected chi connectivity index (χ1v) is 2.24. The fourth-order valence-electron chi connectivity index (χ4n) is 0.158. The van der Waals surface area contributed by atoms with Crippen molar-refractivity contribution in [2.45, 2.75) is 0 Å². The molecule has 0 saturated heterocycles. The molecule has 1 nitrogen and oxygen atoms in total. The Hall–Kier alpha value is -0.500. The summed E-state index contributed by atoms with van der Waals surface area (Å²) in [6, 6.07) is 0. The van der Waals surface area contributed by atoms with Crippen LogP contribution in [0, 0.1) is 0 Å². The van der Waals surface area contributed by atoms with Gasteiger partial charge in [-0.3, -0.25) is 4.99 Å². The third-order valence-corrected chi connectivity index (χ3v) is 0.719. The zero-order valence-electron chi connectivity index (χ0n) is 3.96. The van der Waals surface area contributed by atoms with Crippen LogP contribution >= 0.6 is 12.6 Å². The number of allylic oxidation sites excluding steroid dienone is 2. The molecule has 7 heavy (non-hydrogen) atoms. The van der Waals surface area contributed by atoms with E-state index in [4.69, 9.17) is 0 Å². The summed E-state index contributed by atoms with van der Waals surface area (Å²) in [4.78, 5) is 3.48. The molecule has 0 fully saturated rings. The number of hydrogen-bond acceptors (Lipinski definition) is 2. The van der Waals surface area contributed by atoms with E-state index in [0.717, 1.165) is 0 Å². The van der Waals surface area contributed by atoms with E-state index in [-0.39, 0.29) is 0 Å². The van der Waals surface area contributed by atoms with E-state index in [1.165, 1.54) is 0 Å². The minimum atomic E-state index is 0.593. The second-order valence-electron chi connectivity index (χ2n) is 0.919. The van der Waals surface area contributed by atoms with Crippen LogP contribution in [0.15, 0.2) is 28.8 Å². The van der Waals surface area contributed by atoms with Crippen molar-refractivity contribution in [1.29, 1.82) is 0 Å². The summed E-state index contributed by atoms with van der Waals surface area (Å²) < 4.78 is 0. The van der Waals surface area contributed by atoms with Crippen LogP contribution in [0.5, 0.6) is 0 Å². The Morgan fingerprint density at radius 2 is 2.29 bits per heavy atom. The highest BCUT2D eigenvalue weighted by Crippen LogP contribution is 1.98. The van der Waals surface area contributed by atoms with Crippen LogP contribution in [-0.2, 0) is 0 Å². The zero-order valence-corrected chi connectivity index (χ0v) is 4.86. The van der Waals surface area contributed by atoms with Gasteiger partial charge in [-0.15, -0.1) is 12.6 Å². The van der Waals surface area contributed by atoms with E-state index in [9.17, 15) is 0 Å². The highest BCUT2D eigenvalue weighted by atomic mass is 32.1. The van der Waals surface area contributed by atoms with Crippen molar-refractivity contribution >= 4 is 19.3 Å². The summed E-state index contributed by atoms with van der Waals surface area (Å²) in [6.45, 7) is 6.67. The maximum atomic E-state index is 3.87. The first-order chi connectivity index (χ1) is 3.31. The zero-order chi connectivity index (χ0) is 5.70. The fraction of sp³-hybridized carbons (Fsp3) is 0. The second-order valence-corrected chi connectivity index (χ2v) is 1.38. The maximum absolute atomic E-state index is 3.87. The molecule has 0 aliphatic heterocycles. The van der Waals surface area contributed by atoms with Gasteiger partial charge in [0.15, 0.2) is 0 Å². The van der Waals surface area contributed by atoms with Crippen LogP contribution in [0.2, 0.25) is 0 Å². The normalized spacial score (nSPS) is 10.7. The average molecular weight is 113 g/mol. The van der Waals surface area contributed by atoms with E-state index in [0.29, 0.717) is 5.03 Å². The monoisotopic (exact) mass is 113 g/mol. The van der Waals surface area contributed by atoms with Gasteiger partial charge in [-0.25, -0.2) is 0 Å². The average Bonchev–Trinajstić information content (AvgIpc) is 1.68. The number of thiol groups is 1. The highest BCUT2D eigenvalue weighted by Gasteiger charge is 1.71. The predicted molar refractivity (Wildman–Crippen MR) is 36.8 cm³/mol. The summed E-state index contributed by atoms with van der Waals surface area (Å²) in [7, 11) is 0. The molecular formula is C5H7NS. The number of aliphatic imine (C=N–C) groups is 1. The lowest BCUT2D eigenvalue weighted by Gasteiger charge is -1.79. The van der Waals surface area contributed by atoms with Gasteiger partial charge in [-0.2, -0.15) is 0 Å². The number of nitrogens with zero attached hydrogens (tertiary/aromatic N) is 1. The van der Waals surface area contributed by atoms with Crippen molar-refractivity contribution in [1.82, 2.24) is 0 Å². The Kier molecular flexibility index (Phi) is 3.42. The Balaban J connectivity index is 3.72. The van der Waals surface area contributed by atoms with Crippen LogP contribution in [0.1, 0.15) is 0 Å². The quantitative estimate of drug-likeness (QED) is 0.317. The Labute approximate surface area is 48.9 Å². The molecule has 38 valence electrons. The largest absolute Gasteiger partial charge is 0.258 e. The molecular weight excluding hydrogens is 106 g/mol. The van der Waals surface area contributed by atoms with Gasteiger partial charge >= 0.3 is 0 Å². The van der Waals surface area contributed by atoms with Gasteiger partial charge in [-0.1, -0.05) is 12.7 Å². The smallest absolute Gasteiger partial charge is 0.0921 e. The molecule has 0 bridgehead atoms. The Bertz CT molecular complexity index is 105. The van der Waals surface area contributed by atoms with Gasteiger partial charge in [0.1, 0.15) is 0 Å². The fourth-order valence-corrected chi connectivity index (χ4v) is 0.264. The summed E-state index contributed by atoms with van der Waals surface area (Å²) in [5, 5.41) is 0.593. The van der Waals surface area contributed by atoms with Gasteiger partial charge in [0.25, 0.3) is 0 Å². The van der Waals surface area contributed by atoms with Crippen molar-refractivity contribution in [3.8, 4) is 0 Å². The third-order valence-electron chi connectivity index (χ3n) is 0.429. The first-order valence-electron chi connectivity index (χ1n) is 1.79. The molecule has 0 radical (unpaired) electrons. The molecule has 0 saturated carbocycles. The number of hydrogen-bond donors (Lipinski definition) is 1. The molecule has 0 N–H and O–H groups in total. The standard InChI is InChI=1S/C5H7NS/c1-3-4-5(7)6-2/h3-4,7H,1-2H2/b5-4+. The SMILES string of the molecule is C=C/C=C(/S)N=C. The molecule has 0 unspecified atom stereocenters. The van der Waals surface area contributed by atoms with Gasteiger partial charge in [-0.05, 0) is 12.8 Å². The van der Waals surface area contributed by atoms with Crippen molar-refractivity contribution in [3.05, 3.63) is 23.8 Å². The molecule has 0 aromatic rings. The molecule has 0 atom stereocenters. The van der Waals surface area contributed by atoms with Crippen LogP contribution in [0.4, 0.5) is 0 Å². The van der Waals surface area contributed by atoms with Crippen LogP contribution in [-0.4, -0.2) is 6.72 Å². The molecule has 0 aromatic carbocycles. The summed E-state index contributed by atoms with van der Waals surface area (Å²) in [6.07, 6.45) is 3.27. The summed E-state index contributed by atoms with van der Waals surface area (Å²) in [5.74, 6) is 0. The third kappa shape index (κ3) is 3.33. The molecule has 0 amide bonds. The van der Waals surface area contributed by atoms with E-state index < -0.39 is 0 Å². The lowest BCUT2D eigenvalue weighted by atomic mass is 10.6. The second kappa shape index (κ2) is 3.68. The summed E-state index contributed by atoms with van der Waals surface area (Å²) in [5.41, 5.74) is 0. The van der Waals surface area contributed by atoms with Crippen LogP contribution in [0.3, 0.4) is 0 Å². The van der Waals surface area contributed by atoms with Gasteiger partial charge in [0.2, 0.25) is 0 Å². The Morgan fingerprint density at radius 3 is 2.43 bits per heavy atom. The molecule has 0 aliphatic rings. The van der Waals surface area contributed by atoms with E-state index in [1.807, 2.05) is 0 Å². The van der Waals surface area contributed by atoms with E-state index in [2.05, 4.69) is 30.9 Å². The topological polar surface area (TPSA) is 12.4 Å². The van der Waals surface area contributed by atoms with Gasteiger partial charge in [0.05, 0.1) is 5.03 Å². The molecule has 0 heterocycles. The van der Waals surface area contributed by atoms with E-state index >= 15 is 0 Å². The summed E-state index contributed by atoms with van der Waals surface area (Å²) >= 11 is 3.87. The van der Waals surface area contributed by atoms with Crippen LogP contribution in [0.25, 0.3) is 0 Å². The van der Waals surface area contributed by atoms with Crippen LogP contribution < -0.4 is 0 Å². The molecule has 0 aliphatic carbocycles. The predicted octanol–water partition coefficient (Wildman–Crippen LogP) is 1.64. The number of rotatable bonds is 2. The lowest BCUT2D eigenvalue weighted by molar-refractivity contribution is 1.57. The minimum absolute atomic E-state index is 0.593. The first kappa shape index (κ1) is 6.50. The van der Waals surface area contributed by atoms with Crippen molar-refractivity contribution in [2.75, 3.05) is 0 Å². The molecule has 0 rings (SSSR count).